The van der Waals surface area contributed by atoms with Gasteiger partial charge in [-0.1, -0.05) is 0 Å². The number of carbonyl (C=O) groups is 5. The number of ether oxygens (including phenoxy) is 3. The average molecular weight is 503 g/mol. The van der Waals surface area contributed by atoms with Crippen molar-refractivity contribution in [3.63, 3.8) is 0 Å². The van der Waals surface area contributed by atoms with Crippen LogP contribution in [0.25, 0.3) is 0 Å². The van der Waals surface area contributed by atoms with Gasteiger partial charge in [0.2, 0.25) is 18.1 Å². The Hall–Kier alpha value is -3.67. The lowest BCUT2D eigenvalue weighted by Gasteiger charge is -2.43. The SMILES string of the molecule is CCOC1OC(=O)C[C@@H]1NC(=O)[C@@H]1CCCN2C(=O)CC[C@H](NC(=O)c3ccc(OC)cc3)C(=O)N12. The van der Waals surface area contributed by atoms with Crippen LogP contribution in [0.1, 0.15) is 49.4 Å². The molecule has 0 spiro atoms. The first-order valence-corrected chi connectivity index (χ1v) is 12.0. The predicted molar refractivity (Wildman–Crippen MR) is 123 cm³/mol. The van der Waals surface area contributed by atoms with Crippen LogP contribution >= 0.6 is 0 Å². The standard InChI is InChI=1S/C24H30N4O8/c1-3-35-24-17(13-20(30)36-24)26-22(32)18-5-4-12-27-19(29)11-10-16(23(33)28(18)27)25-21(31)14-6-8-15(34-2)9-7-14/h6-9,16-18,24H,3-5,10-13H2,1-2H3,(H,25,31)(H,26,32)/t16-,17-,18-,24?/m0/s1. The first-order valence-electron chi connectivity index (χ1n) is 12.0. The van der Waals surface area contributed by atoms with Gasteiger partial charge in [0.25, 0.3) is 11.8 Å². The summed E-state index contributed by atoms with van der Waals surface area (Å²) in [7, 11) is 1.52. The monoisotopic (exact) mass is 502 g/mol. The first-order chi connectivity index (χ1) is 17.3. The minimum absolute atomic E-state index is 0.0432. The number of benzene rings is 1. The van der Waals surface area contributed by atoms with E-state index in [-0.39, 0.29) is 31.8 Å². The number of fused-ring (bicyclic) bond motifs is 1. The van der Waals surface area contributed by atoms with Gasteiger partial charge < -0.3 is 24.8 Å². The summed E-state index contributed by atoms with van der Waals surface area (Å²) in [6, 6.07) is 3.73. The normalized spacial score (nSPS) is 26.1. The fourth-order valence-electron chi connectivity index (χ4n) is 4.64. The van der Waals surface area contributed by atoms with Crippen molar-refractivity contribution in [3.8, 4) is 5.75 Å². The van der Waals surface area contributed by atoms with E-state index in [1.54, 1.807) is 31.2 Å². The van der Waals surface area contributed by atoms with E-state index in [1.807, 2.05) is 0 Å². The van der Waals surface area contributed by atoms with E-state index in [9.17, 15) is 24.0 Å². The van der Waals surface area contributed by atoms with Crippen LogP contribution in [0.15, 0.2) is 24.3 Å². The highest BCUT2D eigenvalue weighted by molar-refractivity contribution is 5.99. The topological polar surface area (TPSA) is 144 Å². The molecule has 4 atom stereocenters. The Morgan fingerprint density at radius 3 is 2.56 bits per heavy atom. The third-order valence-corrected chi connectivity index (χ3v) is 6.44. The summed E-state index contributed by atoms with van der Waals surface area (Å²) in [6.45, 7) is 2.32. The maximum atomic E-state index is 13.6. The van der Waals surface area contributed by atoms with Crippen LogP contribution in [0.3, 0.4) is 0 Å². The molecule has 194 valence electrons. The summed E-state index contributed by atoms with van der Waals surface area (Å²) >= 11 is 0. The minimum Gasteiger partial charge on any atom is -0.497 e. The predicted octanol–water partition coefficient (Wildman–Crippen LogP) is 0.116. The summed E-state index contributed by atoms with van der Waals surface area (Å²) in [5.74, 6) is -1.74. The number of nitrogens with one attached hydrogen (secondary N) is 2. The molecule has 0 aromatic heterocycles. The molecule has 3 aliphatic heterocycles. The number of cyclic esters (lactones) is 1. The molecule has 36 heavy (non-hydrogen) atoms. The molecule has 3 heterocycles. The van der Waals surface area contributed by atoms with Gasteiger partial charge in [0.1, 0.15) is 23.9 Å². The van der Waals surface area contributed by atoms with Gasteiger partial charge in [-0.25, -0.2) is 5.01 Å². The third-order valence-electron chi connectivity index (χ3n) is 6.44. The molecular weight excluding hydrogens is 472 g/mol. The third kappa shape index (κ3) is 5.27. The van der Waals surface area contributed by atoms with Crippen LogP contribution in [0, 0.1) is 0 Å². The van der Waals surface area contributed by atoms with Crippen LogP contribution in [-0.2, 0) is 28.7 Å². The number of carbonyl (C=O) groups excluding carboxylic acids is 5. The Kier molecular flexibility index (Phi) is 7.73. The average Bonchev–Trinajstić information content (AvgIpc) is 3.17. The Bertz CT molecular complexity index is 1030. The zero-order chi connectivity index (χ0) is 25.8. The summed E-state index contributed by atoms with van der Waals surface area (Å²) in [4.78, 5) is 64.3. The zero-order valence-corrected chi connectivity index (χ0v) is 20.2. The summed E-state index contributed by atoms with van der Waals surface area (Å²) in [5, 5.41) is 7.93. The van der Waals surface area contributed by atoms with Crippen molar-refractivity contribution in [1.82, 2.24) is 20.7 Å². The number of hydrogen-bond donors (Lipinski definition) is 2. The number of amides is 4. The number of hydrogen-bond acceptors (Lipinski definition) is 8. The number of nitrogens with zero attached hydrogens (tertiary/aromatic N) is 2. The summed E-state index contributed by atoms with van der Waals surface area (Å²) < 4.78 is 15.6. The zero-order valence-electron chi connectivity index (χ0n) is 20.2. The van der Waals surface area contributed by atoms with Gasteiger partial charge in [-0.15, -0.1) is 0 Å². The van der Waals surface area contributed by atoms with Gasteiger partial charge in [-0.2, -0.15) is 0 Å². The quantitative estimate of drug-likeness (QED) is 0.501. The number of esters is 1. The molecule has 4 amide bonds. The lowest BCUT2D eigenvalue weighted by molar-refractivity contribution is -0.177. The summed E-state index contributed by atoms with van der Waals surface area (Å²) in [5.41, 5.74) is 0.330. The van der Waals surface area contributed by atoms with Gasteiger partial charge in [-0.3, -0.25) is 29.0 Å². The molecule has 4 rings (SSSR count). The van der Waals surface area contributed by atoms with Crippen LogP contribution < -0.4 is 15.4 Å². The molecule has 3 saturated heterocycles. The van der Waals surface area contributed by atoms with Crippen molar-refractivity contribution in [2.75, 3.05) is 20.3 Å². The molecule has 1 unspecified atom stereocenters. The summed E-state index contributed by atoms with van der Waals surface area (Å²) in [6.07, 6.45) is 0.0245. The Labute approximate surface area is 208 Å². The van der Waals surface area contributed by atoms with Crippen molar-refractivity contribution < 1.29 is 38.2 Å². The van der Waals surface area contributed by atoms with Gasteiger partial charge in [0, 0.05) is 25.1 Å². The molecule has 0 radical (unpaired) electrons. The lowest BCUT2D eigenvalue weighted by atomic mass is 10.0. The van der Waals surface area contributed by atoms with Crippen LogP contribution in [0.4, 0.5) is 0 Å². The van der Waals surface area contributed by atoms with Crippen molar-refractivity contribution in [2.45, 2.75) is 63.4 Å². The molecule has 2 N–H and O–H groups in total. The molecule has 3 fully saturated rings. The van der Waals surface area contributed by atoms with E-state index in [4.69, 9.17) is 14.2 Å². The van der Waals surface area contributed by atoms with E-state index >= 15 is 0 Å². The lowest BCUT2D eigenvalue weighted by Crippen LogP contribution is -2.64. The molecule has 12 heteroatoms. The van der Waals surface area contributed by atoms with E-state index in [0.29, 0.717) is 30.7 Å². The second-order valence-corrected chi connectivity index (χ2v) is 8.78. The highest BCUT2D eigenvalue weighted by atomic mass is 16.7. The molecule has 1 aromatic carbocycles. The van der Waals surface area contributed by atoms with E-state index < -0.39 is 48.1 Å². The molecule has 0 aliphatic carbocycles. The Morgan fingerprint density at radius 1 is 1.11 bits per heavy atom. The van der Waals surface area contributed by atoms with E-state index in [2.05, 4.69) is 10.6 Å². The van der Waals surface area contributed by atoms with Crippen LogP contribution in [-0.4, -0.2) is 84.3 Å². The maximum Gasteiger partial charge on any atom is 0.310 e. The smallest absolute Gasteiger partial charge is 0.310 e. The van der Waals surface area contributed by atoms with Crippen molar-refractivity contribution >= 4 is 29.6 Å². The highest BCUT2D eigenvalue weighted by Gasteiger charge is 2.46. The van der Waals surface area contributed by atoms with Crippen molar-refractivity contribution in [3.05, 3.63) is 29.8 Å². The largest absolute Gasteiger partial charge is 0.497 e. The van der Waals surface area contributed by atoms with Crippen LogP contribution in [0.2, 0.25) is 0 Å². The Balaban J connectivity index is 1.51. The number of hydrazine groups is 1. The van der Waals surface area contributed by atoms with Gasteiger partial charge in [0.15, 0.2) is 0 Å². The Morgan fingerprint density at radius 2 is 1.86 bits per heavy atom. The minimum atomic E-state index is -0.991. The van der Waals surface area contributed by atoms with Crippen molar-refractivity contribution in [1.29, 1.82) is 0 Å². The van der Waals surface area contributed by atoms with Gasteiger partial charge in [-0.05, 0) is 50.5 Å². The van der Waals surface area contributed by atoms with Crippen LogP contribution in [0.5, 0.6) is 5.75 Å². The van der Waals surface area contributed by atoms with Gasteiger partial charge in [0.05, 0.1) is 13.5 Å². The number of rotatable bonds is 7. The van der Waals surface area contributed by atoms with E-state index in [0.717, 1.165) is 0 Å². The fourth-order valence-corrected chi connectivity index (χ4v) is 4.64. The molecule has 0 bridgehead atoms. The van der Waals surface area contributed by atoms with Gasteiger partial charge >= 0.3 is 5.97 Å². The second-order valence-electron chi connectivity index (χ2n) is 8.78. The molecule has 0 saturated carbocycles. The molecular formula is C24H30N4O8. The molecule has 1 aromatic rings. The number of methoxy groups -OCH3 is 1. The van der Waals surface area contributed by atoms with Crippen molar-refractivity contribution in [2.24, 2.45) is 0 Å². The van der Waals surface area contributed by atoms with E-state index in [1.165, 1.54) is 17.1 Å². The first kappa shape index (κ1) is 25.4. The fraction of sp³-hybridized carbons (Fsp3) is 0.542. The molecule has 12 nitrogen and oxygen atoms in total. The second kappa shape index (κ2) is 10.9. The highest BCUT2D eigenvalue weighted by Crippen LogP contribution is 2.26. The molecule has 3 aliphatic rings. The maximum absolute atomic E-state index is 13.6.